The average molecular weight is 230 g/mol. The number of primary amides is 1. The molecule has 1 aliphatic rings. The van der Waals surface area contributed by atoms with Crippen LogP contribution in [0.3, 0.4) is 0 Å². The highest BCUT2D eigenvalue weighted by atomic mass is 16.2. The van der Waals surface area contributed by atoms with Crippen LogP contribution in [0.15, 0.2) is 0 Å². The van der Waals surface area contributed by atoms with E-state index in [0.717, 1.165) is 12.8 Å². The highest BCUT2D eigenvalue weighted by Crippen LogP contribution is 2.16. The summed E-state index contributed by atoms with van der Waals surface area (Å²) in [5, 5.41) is 0. The molecule has 0 spiro atoms. The molecule has 16 heavy (non-hydrogen) atoms. The van der Waals surface area contributed by atoms with Gasteiger partial charge in [-0.2, -0.15) is 0 Å². The minimum atomic E-state index is -0.238. The zero-order chi connectivity index (χ0) is 13.1. The Kier molecular flexibility index (Phi) is 11.3. The Morgan fingerprint density at radius 1 is 1.06 bits per heavy atom. The van der Waals surface area contributed by atoms with E-state index in [1.54, 1.807) is 11.8 Å². The third-order valence-electron chi connectivity index (χ3n) is 2.34. The zero-order valence-electron chi connectivity index (χ0n) is 11.2. The molecule has 1 saturated heterocycles. The lowest BCUT2D eigenvalue weighted by atomic mass is 9.96. The van der Waals surface area contributed by atoms with Gasteiger partial charge < -0.3 is 10.6 Å². The second-order valence-electron chi connectivity index (χ2n) is 3.18. The minimum absolute atomic E-state index is 0.0272. The number of hydrogen-bond acceptors (Lipinski definition) is 2. The van der Waals surface area contributed by atoms with Crippen molar-refractivity contribution in [1.82, 2.24) is 4.90 Å². The van der Waals surface area contributed by atoms with E-state index in [4.69, 9.17) is 5.73 Å². The summed E-state index contributed by atoms with van der Waals surface area (Å²) in [7, 11) is 0. The number of carbonyl (C=O) groups excluding carboxylic acids is 2. The quantitative estimate of drug-likeness (QED) is 0.746. The molecule has 96 valence electrons. The van der Waals surface area contributed by atoms with Gasteiger partial charge in [0.15, 0.2) is 0 Å². The van der Waals surface area contributed by atoms with Crippen LogP contribution >= 0.6 is 0 Å². The molecule has 0 saturated carbocycles. The van der Waals surface area contributed by atoms with Crippen molar-refractivity contribution in [2.45, 2.75) is 47.5 Å². The fraction of sp³-hybridized carbons (Fsp3) is 0.833. The topological polar surface area (TPSA) is 63.4 Å². The predicted molar refractivity (Wildman–Crippen MR) is 66.9 cm³/mol. The Hall–Kier alpha value is -1.06. The minimum Gasteiger partial charge on any atom is -0.369 e. The molecule has 1 heterocycles. The predicted octanol–water partition coefficient (Wildman–Crippen LogP) is 1.78. The fourth-order valence-corrected chi connectivity index (χ4v) is 1.48. The van der Waals surface area contributed by atoms with E-state index in [0.29, 0.717) is 13.1 Å². The number of piperidine rings is 1. The van der Waals surface area contributed by atoms with E-state index in [-0.39, 0.29) is 17.7 Å². The van der Waals surface area contributed by atoms with Gasteiger partial charge in [-0.05, 0) is 12.8 Å². The molecule has 1 fully saturated rings. The third kappa shape index (κ3) is 6.43. The molecule has 0 aromatic carbocycles. The number of hydrogen-bond donors (Lipinski definition) is 1. The van der Waals surface area contributed by atoms with Crippen LogP contribution in [0, 0.1) is 5.92 Å². The number of carbonyl (C=O) groups is 2. The van der Waals surface area contributed by atoms with Gasteiger partial charge in [0, 0.05) is 25.9 Å². The highest BCUT2D eigenvalue weighted by molar-refractivity contribution is 5.77. The lowest BCUT2D eigenvalue weighted by Crippen LogP contribution is -2.40. The van der Waals surface area contributed by atoms with Crippen LogP contribution in [-0.2, 0) is 9.59 Å². The van der Waals surface area contributed by atoms with Gasteiger partial charge in [-0.3, -0.25) is 9.59 Å². The Balaban J connectivity index is 0. The van der Waals surface area contributed by atoms with E-state index in [2.05, 4.69) is 0 Å². The van der Waals surface area contributed by atoms with Crippen molar-refractivity contribution in [3.63, 3.8) is 0 Å². The standard InChI is InChI=1S/C8H14N2O2.2C2H6/c1-6(11)10-4-2-7(3-5-10)8(9)12;2*1-2/h7H,2-5H2,1H3,(H2,9,12);2*1-2H3. The lowest BCUT2D eigenvalue weighted by molar-refractivity contribution is -0.132. The van der Waals surface area contributed by atoms with E-state index >= 15 is 0 Å². The van der Waals surface area contributed by atoms with Gasteiger partial charge in [0.1, 0.15) is 0 Å². The second kappa shape index (κ2) is 10.5. The summed E-state index contributed by atoms with van der Waals surface area (Å²) in [6.07, 6.45) is 1.43. The molecule has 0 bridgehead atoms. The third-order valence-corrected chi connectivity index (χ3v) is 2.34. The van der Waals surface area contributed by atoms with Crippen LogP contribution in [0.4, 0.5) is 0 Å². The lowest BCUT2D eigenvalue weighted by Gasteiger charge is -2.29. The first kappa shape index (κ1) is 17.3. The first-order valence-corrected chi connectivity index (χ1v) is 6.16. The summed E-state index contributed by atoms with van der Waals surface area (Å²) in [5.74, 6) is -0.184. The molecular weight excluding hydrogens is 204 g/mol. The van der Waals surface area contributed by atoms with Crippen molar-refractivity contribution in [3.8, 4) is 0 Å². The normalized spacial score (nSPS) is 15.2. The molecule has 2 amide bonds. The van der Waals surface area contributed by atoms with Gasteiger partial charge in [0.05, 0.1) is 0 Å². The smallest absolute Gasteiger partial charge is 0.220 e. The van der Waals surface area contributed by atoms with Crippen LogP contribution in [-0.4, -0.2) is 29.8 Å². The van der Waals surface area contributed by atoms with Gasteiger partial charge in [-0.15, -0.1) is 0 Å². The maximum atomic E-state index is 10.9. The summed E-state index contributed by atoms with van der Waals surface area (Å²) in [5.41, 5.74) is 5.15. The number of likely N-dealkylation sites (tertiary alicyclic amines) is 1. The van der Waals surface area contributed by atoms with E-state index in [1.165, 1.54) is 0 Å². The van der Waals surface area contributed by atoms with Crippen LogP contribution in [0.25, 0.3) is 0 Å². The van der Waals surface area contributed by atoms with Crippen LogP contribution in [0.2, 0.25) is 0 Å². The number of nitrogens with zero attached hydrogens (tertiary/aromatic N) is 1. The maximum absolute atomic E-state index is 10.9. The summed E-state index contributed by atoms with van der Waals surface area (Å²) < 4.78 is 0. The molecule has 4 heteroatoms. The second-order valence-corrected chi connectivity index (χ2v) is 3.18. The van der Waals surface area contributed by atoms with Gasteiger partial charge in [0.25, 0.3) is 0 Å². The summed E-state index contributed by atoms with van der Waals surface area (Å²) in [6, 6.07) is 0. The van der Waals surface area contributed by atoms with Crippen molar-refractivity contribution in [1.29, 1.82) is 0 Å². The average Bonchev–Trinajstić information content (AvgIpc) is 2.34. The molecule has 0 radical (unpaired) electrons. The molecule has 0 unspecified atom stereocenters. The Morgan fingerprint density at radius 3 is 1.69 bits per heavy atom. The molecule has 4 nitrogen and oxygen atoms in total. The molecule has 2 N–H and O–H groups in total. The van der Waals surface area contributed by atoms with E-state index in [9.17, 15) is 9.59 Å². The van der Waals surface area contributed by atoms with Gasteiger partial charge in [0.2, 0.25) is 11.8 Å². The molecule has 0 aromatic heterocycles. The Bertz CT molecular complexity index is 175. The Labute approximate surface area is 99.2 Å². The van der Waals surface area contributed by atoms with Crippen LogP contribution < -0.4 is 5.73 Å². The number of amides is 2. The molecule has 0 aromatic rings. The summed E-state index contributed by atoms with van der Waals surface area (Å²) in [6.45, 7) is 10.9. The van der Waals surface area contributed by atoms with E-state index < -0.39 is 0 Å². The van der Waals surface area contributed by atoms with Crippen molar-refractivity contribution in [3.05, 3.63) is 0 Å². The molecule has 0 atom stereocenters. The van der Waals surface area contributed by atoms with Crippen LogP contribution in [0.5, 0.6) is 0 Å². The summed E-state index contributed by atoms with van der Waals surface area (Å²) >= 11 is 0. The fourth-order valence-electron chi connectivity index (χ4n) is 1.48. The zero-order valence-corrected chi connectivity index (χ0v) is 11.2. The van der Waals surface area contributed by atoms with Gasteiger partial charge in [-0.25, -0.2) is 0 Å². The van der Waals surface area contributed by atoms with Crippen molar-refractivity contribution >= 4 is 11.8 Å². The first-order valence-electron chi connectivity index (χ1n) is 6.16. The molecule has 1 aliphatic heterocycles. The van der Waals surface area contributed by atoms with Gasteiger partial charge >= 0.3 is 0 Å². The molecular formula is C12H26N2O2. The first-order chi connectivity index (χ1) is 7.61. The van der Waals surface area contributed by atoms with E-state index in [1.807, 2.05) is 27.7 Å². The maximum Gasteiger partial charge on any atom is 0.220 e. The summed E-state index contributed by atoms with van der Waals surface area (Å²) in [4.78, 5) is 23.4. The number of rotatable bonds is 1. The van der Waals surface area contributed by atoms with Crippen molar-refractivity contribution < 1.29 is 9.59 Å². The van der Waals surface area contributed by atoms with Crippen molar-refractivity contribution in [2.24, 2.45) is 11.7 Å². The highest BCUT2D eigenvalue weighted by Gasteiger charge is 2.23. The SMILES string of the molecule is CC.CC.CC(=O)N1CCC(C(N)=O)CC1. The molecule has 0 aliphatic carbocycles. The largest absolute Gasteiger partial charge is 0.369 e. The monoisotopic (exact) mass is 230 g/mol. The van der Waals surface area contributed by atoms with Crippen molar-refractivity contribution in [2.75, 3.05) is 13.1 Å². The van der Waals surface area contributed by atoms with Gasteiger partial charge in [-0.1, -0.05) is 27.7 Å². The number of nitrogens with two attached hydrogens (primary N) is 1. The molecule has 1 rings (SSSR count). The Morgan fingerprint density at radius 2 is 1.44 bits per heavy atom. The van der Waals surface area contributed by atoms with Crippen LogP contribution in [0.1, 0.15) is 47.5 Å².